The Morgan fingerprint density at radius 1 is 1.40 bits per heavy atom. The highest BCUT2D eigenvalue weighted by Crippen LogP contribution is 2.42. The molecule has 0 bridgehead atoms. The van der Waals surface area contributed by atoms with Gasteiger partial charge in [0.15, 0.2) is 0 Å². The zero-order valence-electron chi connectivity index (χ0n) is 12.9. The number of nitrogens with one attached hydrogen (secondary N) is 1. The molecule has 1 aliphatic carbocycles. The molecule has 1 aromatic carbocycles. The Labute approximate surface area is 127 Å². The molecule has 1 atom stereocenters. The first kappa shape index (κ1) is 15.4. The molecule has 0 heterocycles. The first-order valence-electron chi connectivity index (χ1n) is 7.36. The van der Waals surface area contributed by atoms with Crippen molar-refractivity contribution >= 4 is 11.8 Å². The molecule has 20 heavy (non-hydrogen) atoms. The number of aryl methyl sites for hydroxylation is 2. The van der Waals surface area contributed by atoms with Crippen LogP contribution >= 0.6 is 11.8 Å². The molecule has 1 aromatic rings. The first-order chi connectivity index (χ1) is 9.47. The van der Waals surface area contributed by atoms with Crippen molar-refractivity contribution in [1.82, 2.24) is 5.32 Å². The SMILES string of the molecule is Cc1ccc(C)c(SCC(C#N)(NC(C)C)C2CC2)c1. The quantitative estimate of drug-likeness (QED) is 0.802. The van der Waals surface area contributed by atoms with Crippen LogP contribution in [0, 0.1) is 31.1 Å². The summed E-state index contributed by atoms with van der Waals surface area (Å²) in [5.74, 6) is 1.35. The molecule has 1 fully saturated rings. The molecule has 0 saturated heterocycles. The van der Waals surface area contributed by atoms with Crippen LogP contribution in [0.5, 0.6) is 0 Å². The first-order valence-corrected chi connectivity index (χ1v) is 8.34. The Morgan fingerprint density at radius 2 is 2.10 bits per heavy atom. The fraction of sp³-hybridized carbons (Fsp3) is 0.588. The van der Waals surface area contributed by atoms with Crippen molar-refractivity contribution in [3.8, 4) is 6.07 Å². The lowest BCUT2D eigenvalue weighted by Gasteiger charge is -2.30. The van der Waals surface area contributed by atoms with Crippen molar-refractivity contribution in [3.63, 3.8) is 0 Å². The summed E-state index contributed by atoms with van der Waals surface area (Å²) in [5.41, 5.74) is 2.21. The third-order valence-corrected chi connectivity index (χ3v) is 5.17. The van der Waals surface area contributed by atoms with E-state index in [0.717, 1.165) is 5.75 Å². The van der Waals surface area contributed by atoms with Crippen molar-refractivity contribution in [2.75, 3.05) is 5.75 Å². The Hall–Kier alpha value is -0.980. The molecule has 1 N–H and O–H groups in total. The summed E-state index contributed by atoms with van der Waals surface area (Å²) in [6, 6.07) is 9.46. The van der Waals surface area contributed by atoms with Gasteiger partial charge in [-0.3, -0.25) is 5.32 Å². The van der Waals surface area contributed by atoms with Gasteiger partial charge in [0.2, 0.25) is 0 Å². The van der Waals surface area contributed by atoms with E-state index in [1.165, 1.54) is 28.9 Å². The van der Waals surface area contributed by atoms with Crippen LogP contribution in [0.15, 0.2) is 23.1 Å². The zero-order valence-corrected chi connectivity index (χ0v) is 13.7. The summed E-state index contributed by atoms with van der Waals surface area (Å²) < 4.78 is 0. The van der Waals surface area contributed by atoms with E-state index in [-0.39, 0.29) is 5.54 Å². The lowest BCUT2D eigenvalue weighted by Crippen LogP contribution is -2.51. The lowest BCUT2D eigenvalue weighted by molar-refractivity contribution is 0.370. The van der Waals surface area contributed by atoms with E-state index >= 15 is 0 Å². The molecule has 3 heteroatoms. The van der Waals surface area contributed by atoms with Gasteiger partial charge in [0, 0.05) is 16.7 Å². The minimum atomic E-state index is -0.366. The van der Waals surface area contributed by atoms with Gasteiger partial charge in [-0.25, -0.2) is 0 Å². The van der Waals surface area contributed by atoms with Crippen LogP contribution in [0.4, 0.5) is 0 Å². The number of nitriles is 1. The van der Waals surface area contributed by atoms with Crippen LogP contribution in [0.2, 0.25) is 0 Å². The van der Waals surface area contributed by atoms with Gasteiger partial charge in [0.05, 0.1) is 6.07 Å². The van der Waals surface area contributed by atoms with Crippen LogP contribution in [0.3, 0.4) is 0 Å². The Kier molecular flexibility index (Phi) is 4.78. The van der Waals surface area contributed by atoms with Gasteiger partial charge >= 0.3 is 0 Å². The standard InChI is InChI=1S/C17H24N2S/c1-12(2)19-17(10-18,15-7-8-15)11-20-16-9-13(3)5-6-14(16)4/h5-6,9,12,15,19H,7-8,11H2,1-4H3. The molecule has 1 aliphatic rings. The predicted molar refractivity (Wildman–Crippen MR) is 86.0 cm³/mol. The van der Waals surface area contributed by atoms with Crippen LogP contribution in [0.25, 0.3) is 0 Å². The summed E-state index contributed by atoms with van der Waals surface area (Å²) in [7, 11) is 0. The average molecular weight is 288 g/mol. The van der Waals surface area contributed by atoms with Crippen molar-refractivity contribution < 1.29 is 0 Å². The Bertz CT molecular complexity index is 514. The average Bonchev–Trinajstić information content (AvgIpc) is 3.22. The van der Waals surface area contributed by atoms with Gasteiger partial charge in [0.1, 0.15) is 5.54 Å². The fourth-order valence-corrected chi connectivity index (χ4v) is 3.91. The van der Waals surface area contributed by atoms with Gasteiger partial charge in [-0.1, -0.05) is 17.7 Å². The Balaban J connectivity index is 2.13. The van der Waals surface area contributed by atoms with E-state index in [1.54, 1.807) is 0 Å². The number of nitrogens with zero attached hydrogens (tertiary/aromatic N) is 1. The fourth-order valence-electron chi connectivity index (χ4n) is 2.58. The molecule has 108 valence electrons. The summed E-state index contributed by atoms with van der Waals surface area (Å²) in [5, 5.41) is 13.2. The molecule has 0 spiro atoms. The van der Waals surface area contributed by atoms with E-state index < -0.39 is 0 Å². The van der Waals surface area contributed by atoms with Crippen LogP contribution in [0.1, 0.15) is 37.8 Å². The van der Waals surface area contributed by atoms with Gasteiger partial charge in [-0.15, -0.1) is 11.8 Å². The molecule has 0 amide bonds. The second-order valence-corrected chi connectivity index (χ2v) is 7.23. The third kappa shape index (κ3) is 3.56. The monoisotopic (exact) mass is 288 g/mol. The van der Waals surface area contributed by atoms with Crippen molar-refractivity contribution in [2.45, 2.75) is 57.0 Å². The van der Waals surface area contributed by atoms with Gasteiger partial charge in [-0.05, 0) is 58.1 Å². The largest absolute Gasteiger partial charge is 0.296 e. The number of benzene rings is 1. The van der Waals surface area contributed by atoms with Gasteiger partial charge < -0.3 is 0 Å². The van der Waals surface area contributed by atoms with Crippen LogP contribution in [-0.2, 0) is 0 Å². The molecule has 1 unspecified atom stereocenters. The molecule has 2 rings (SSSR count). The molecular weight excluding hydrogens is 264 g/mol. The number of rotatable bonds is 6. The second-order valence-electron chi connectivity index (χ2n) is 6.21. The van der Waals surface area contributed by atoms with Crippen LogP contribution < -0.4 is 5.32 Å². The highest BCUT2D eigenvalue weighted by atomic mass is 32.2. The maximum absolute atomic E-state index is 9.71. The van der Waals surface area contributed by atoms with Crippen LogP contribution in [-0.4, -0.2) is 17.3 Å². The highest BCUT2D eigenvalue weighted by molar-refractivity contribution is 7.99. The zero-order chi connectivity index (χ0) is 14.8. The molecular formula is C17H24N2S. The normalized spacial score (nSPS) is 17.8. The van der Waals surface area contributed by atoms with Crippen molar-refractivity contribution in [3.05, 3.63) is 29.3 Å². The van der Waals surface area contributed by atoms with E-state index in [1.807, 2.05) is 11.8 Å². The predicted octanol–water partition coefficient (Wildman–Crippen LogP) is 4.07. The van der Waals surface area contributed by atoms with E-state index in [4.69, 9.17) is 0 Å². The van der Waals surface area contributed by atoms with E-state index in [2.05, 4.69) is 57.3 Å². The maximum Gasteiger partial charge on any atom is 0.119 e. The summed E-state index contributed by atoms with van der Waals surface area (Å²) in [6.07, 6.45) is 2.36. The minimum Gasteiger partial charge on any atom is -0.296 e. The Morgan fingerprint density at radius 3 is 2.65 bits per heavy atom. The third-order valence-electron chi connectivity index (χ3n) is 3.82. The summed E-state index contributed by atoms with van der Waals surface area (Å²) in [4.78, 5) is 1.30. The van der Waals surface area contributed by atoms with E-state index in [9.17, 15) is 5.26 Å². The number of hydrogen-bond acceptors (Lipinski definition) is 3. The molecule has 0 aliphatic heterocycles. The van der Waals surface area contributed by atoms with E-state index in [0.29, 0.717) is 12.0 Å². The summed E-state index contributed by atoms with van der Waals surface area (Å²) in [6.45, 7) is 8.51. The van der Waals surface area contributed by atoms with Crippen molar-refractivity contribution in [2.24, 2.45) is 5.92 Å². The number of thioether (sulfide) groups is 1. The highest BCUT2D eigenvalue weighted by Gasteiger charge is 2.45. The molecule has 2 nitrogen and oxygen atoms in total. The molecule has 0 radical (unpaired) electrons. The van der Waals surface area contributed by atoms with Crippen molar-refractivity contribution in [1.29, 1.82) is 5.26 Å². The second kappa shape index (κ2) is 6.20. The summed E-state index contributed by atoms with van der Waals surface area (Å²) >= 11 is 1.82. The van der Waals surface area contributed by atoms with Gasteiger partial charge in [0.25, 0.3) is 0 Å². The number of hydrogen-bond donors (Lipinski definition) is 1. The van der Waals surface area contributed by atoms with Gasteiger partial charge in [-0.2, -0.15) is 5.26 Å². The lowest BCUT2D eigenvalue weighted by atomic mass is 9.96. The minimum absolute atomic E-state index is 0.342. The smallest absolute Gasteiger partial charge is 0.119 e. The molecule has 1 saturated carbocycles. The topological polar surface area (TPSA) is 35.8 Å². The molecule has 0 aromatic heterocycles. The maximum atomic E-state index is 9.71.